The molecule has 1 amide bonds. The molecule has 1 fully saturated rings. The second-order valence-corrected chi connectivity index (χ2v) is 5.57. The Morgan fingerprint density at radius 1 is 1.65 bits per heavy atom. The minimum absolute atomic E-state index is 0.0836. The average Bonchev–Trinajstić information content (AvgIpc) is 2.76. The molecule has 0 aliphatic heterocycles. The summed E-state index contributed by atoms with van der Waals surface area (Å²) in [6.45, 7) is 2.22. The molecule has 3 N–H and O–H groups in total. The standard InChI is InChI=1S/C12H19N3OS/c1-2-8-4-3-5-9(6-8)14-11(16)10-7-17-12(13)15-10/h7-9H,2-6H2,1H3,(H2,13,15)(H,14,16). The van der Waals surface area contributed by atoms with Crippen LogP contribution in [0.25, 0.3) is 0 Å². The average molecular weight is 253 g/mol. The maximum absolute atomic E-state index is 11.9. The van der Waals surface area contributed by atoms with Crippen LogP contribution >= 0.6 is 11.3 Å². The number of hydrogen-bond acceptors (Lipinski definition) is 4. The number of rotatable bonds is 3. The molecule has 1 heterocycles. The predicted molar refractivity (Wildman–Crippen MR) is 70.0 cm³/mol. The van der Waals surface area contributed by atoms with Crippen LogP contribution in [-0.2, 0) is 0 Å². The van der Waals surface area contributed by atoms with Crippen LogP contribution in [0.5, 0.6) is 0 Å². The monoisotopic (exact) mass is 253 g/mol. The van der Waals surface area contributed by atoms with Crippen molar-refractivity contribution in [1.82, 2.24) is 10.3 Å². The Kier molecular flexibility index (Phi) is 3.99. The Labute approximate surface area is 106 Å². The summed E-state index contributed by atoms with van der Waals surface area (Å²) in [6.07, 6.45) is 5.90. The van der Waals surface area contributed by atoms with Crippen molar-refractivity contribution in [2.24, 2.45) is 5.92 Å². The third-order valence-electron chi connectivity index (χ3n) is 3.45. The van der Waals surface area contributed by atoms with E-state index in [1.807, 2.05) is 0 Å². The largest absolute Gasteiger partial charge is 0.375 e. The molecule has 94 valence electrons. The highest BCUT2D eigenvalue weighted by Crippen LogP contribution is 2.26. The first-order valence-corrected chi connectivity index (χ1v) is 7.09. The van der Waals surface area contributed by atoms with Gasteiger partial charge in [0.2, 0.25) is 0 Å². The minimum Gasteiger partial charge on any atom is -0.375 e. The number of anilines is 1. The lowest BCUT2D eigenvalue weighted by Crippen LogP contribution is -2.38. The SMILES string of the molecule is CCC1CCCC(NC(=O)c2csc(N)n2)C1. The van der Waals surface area contributed by atoms with Gasteiger partial charge in [0, 0.05) is 11.4 Å². The van der Waals surface area contributed by atoms with Gasteiger partial charge in [-0.2, -0.15) is 0 Å². The lowest BCUT2D eigenvalue weighted by Gasteiger charge is -2.28. The van der Waals surface area contributed by atoms with E-state index in [1.165, 1.54) is 30.6 Å². The van der Waals surface area contributed by atoms with Gasteiger partial charge in [-0.15, -0.1) is 11.3 Å². The second-order valence-electron chi connectivity index (χ2n) is 4.68. The van der Waals surface area contributed by atoms with E-state index in [1.54, 1.807) is 5.38 Å². The molecule has 2 unspecified atom stereocenters. The van der Waals surface area contributed by atoms with Crippen LogP contribution in [0.4, 0.5) is 5.13 Å². The van der Waals surface area contributed by atoms with Crippen LogP contribution in [-0.4, -0.2) is 16.9 Å². The van der Waals surface area contributed by atoms with E-state index in [0.29, 0.717) is 16.9 Å². The van der Waals surface area contributed by atoms with Crippen molar-refractivity contribution in [3.8, 4) is 0 Å². The maximum atomic E-state index is 11.9. The normalized spacial score (nSPS) is 24.5. The Morgan fingerprint density at radius 3 is 3.12 bits per heavy atom. The molecular weight excluding hydrogens is 234 g/mol. The maximum Gasteiger partial charge on any atom is 0.271 e. The third-order valence-corrected chi connectivity index (χ3v) is 4.12. The highest BCUT2D eigenvalue weighted by Gasteiger charge is 2.23. The summed E-state index contributed by atoms with van der Waals surface area (Å²) >= 11 is 1.31. The second kappa shape index (κ2) is 5.49. The Hall–Kier alpha value is -1.10. The molecule has 0 aromatic carbocycles. The summed E-state index contributed by atoms with van der Waals surface area (Å²) in [5.74, 6) is 0.675. The van der Waals surface area contributed by atoms with Crippen molar-refractivity contribution in [2.45, 2.75) is 45.1 Å². The van der Waals surface area contributed by atoms with Crippen LogP contribution in [0.3, 0.4) is 0 Å². The number of hydrogen-bond donors (Lipinski definition) is 2. The highest BCUT2D eigenvalue weighted by atomic mass is 32.1. The zero-order valence-electron chi connectivity index (χ0n) is 10.1. The fourth-order valence-corrected chi connectivity index (χ4v) is 2.99. The number of carbonyl (C=O) groups excluding carboxylic acids is 1. The van der Waals surface area contributed by atoms with Crippen molar-refractivity contribution in [1.29, 1.82) is 0 Å². The van der Waals surface area contributed by atoms with Crippen molar-refractivity contribution in [3.05, 3.63) is 11.1 Å². The number of aromatic nitrogens is 1. The van der Waals surface area contributed by atoms with Crippen LogP contribution < -0.4 is 11.1 Å². The van der Waals surface area contributed by atoms with E-state index < -0.39 is 0 Å². The van der Waals surface area contributed by atoms with E-state index in [0.717, 1.165) is 18.8 Å². The molecule has 1 aromatic heterocycles. The molecule has 2 rings (SSSR count). The molecule has 1 aliphatic carbocycles. The predicted octanol–water partition coefficient (Wildman–Crippen LogP) is 2.42. The van der Waals surface area contributed by atoms with Gasteiger partial charge in [-0.25, -0.2) is 4.98 Å². The summed E-state index contributed by atoms with van der Waals surface area (Å²) < 4.78 is 0. The number of thiazole rings is 1. The van der Waals surface area contributed by atoms with E-state index >= 15 is 0 Å². The number of carbonyl (C=O) groups is 1. The lowest BCUT2D eigenvalue weighted by atomic mass is 9.84. The molecule has 5 heteroatoms. The molecule has 0 bridgehead atoms. The number of amides is 1. The summed E-state index contributed by atoms with van der Waals surface area (Å²) in [6, 6.07) is 0.309. The zero-order valence-corrected chi connectivity index (χ0v) is 10.9. The van der Waals surface area contributed by atoms with Gasteiger partial charge in [-0.3, -0.25) is 4.79 Å². The van der Waals surface area contributed by atoms with E-state index in [9.17, 15) is 4.79 Å². The molecule has 1 saturated carbocycles. The molecule has 17 heavy (non-hydrogen) atoms. The molecular formula is C12H19N3OS. The van der Waals surface area contributed by atoms with Crippen LogP contribution in [0.1, 0.15) is 49.5 Å². The first kappa shape index (κ1) is 12.4. The van der Waals surface area contributed by atoms with Gasteiger partial charge in [0.05, 0.1) is 0 Å². The van der Waals surface area contributed by atoms with E-state index in [2.05, 4.69) is 17.2 Å². The van der Waals surface area contributed by atoms with Gasteiger partial charge in [0.15, 0.2) is 5.13 Å². The Bertz CT molecular complexity index is 391. The molecule has 1 aliphatic rings. The summed E-state index contributed by atoms with van der Waals surface area (Å²) in [5, 5.41) is 5.22. The van der Waals surface area contributed by atoms with Crippen molar-refractivity contribution in [2.75, 3.05) is 5.73 Å². The number of nitrogens with one attached hydrogen (secondary N) is 1. The van der Waals surface area contributed by atoms with E-state index in [-0.39, 0.29) is 5.91 Å². The van der Waals surface area contributed by atoms with Gasteiger partial charge in [-0.1, -0.05) is 26.2 Å². The molecule has 0 saturated heterocycles. The van der Waals surface area contributed by atoms with Crippen LogP contribution in [0.2, 0.25) is 0 Å². The summed E-state index contributed by atoms with van der Waals surface area (Å²) in [4.78, 5) is 15.9. The van der Waals surface area contributed by atoms with Gasteiger partial charge < -0.3 is 11.1 Å². The fourth-order valence-electron chi connectivity index (χ4n) is 2.44. The topological polar surface area (TPSA) is 68.0 Å². The number of nitrogen functional groups attached to an aromatic ring is 1. The molecule has 0 spiro atoms. The fraction of sp³-hybridized carbons (Fsp3) is 0.667. The minimum atomic E-state index is -0.0836. The van der Waals surface area contributed by atoms with Gasteiger partial charge in [0.1, 0.15) is 5.69 Å². The number of nitrogens with zero attached hydrogens (tertiary/aromatic N) is 1. The Balaban J connectivity index is 1.90. The first-order valence-electron chi connectivity index (χ1n) is 6.21. The van der Waals surface area contributed by atoms with Crippen molar-refractivity contribution < 1.29 is 4.79 Å². The summed E-state index contributed by atoms with van der Waals surface area (Å²) in [5.41, 5.74) is 5.97. The van der Waals surface area contributed by atoms with Crippen LogP contribution in [0, 0.1) is 5.92 Å². The van der Waals surface area contributed by atoms with Crippen LogP contribution in [0.15, 0.2) is 5.38 Å². The van der Waals surface area contributed by atoms with Gasteiger partial charge >= 0.3 is 0 Å². The molecule has 2 atom stereocenters. The number of nitrogens with two attached hydrogens (primary N) is 1. The highest BCUT2D eigenvalue weighted by molar-refractivity contribution is 7.13. The smallest absolute Gasteiger partial charge is 0.271 e. The van der Waals surface area contributed by atoms with Crippen molar-refractivity contribution >= 4 is 22.4 Å². The van der Waals surface area contributed by atoms with Gasteiger partial charge in [0.25, 0.3) is 5.91 Å². The quantitative estimate of drug-likeness (QED) is 0.869. The lowest BCUT2D eigenvalue weighted by molar-refractivity contribution is 0.0915. The molecule has 4 nitrogen and oxygen atoms in total. The summed E-state index contributed by atoms with van der Waals surface area (Å²) in [7, 11) is 0. The van der Waals surface area contributed by atoms with Crippen molar-refractivity contribution in [3.63, 3.8) is 0 Å². The Morgan fingerprint density at radius 2 is 2.47 bits per heavy atom. The molecule has 0 radical (unpaired) electrons. The van der Waals surface area contributed by atoms with E-state index in [4.69, 9.17) is 5.73 Å². The molecule has 1 aromatic rings. The third kappa shape index (κ3) is 3.19. The zero-order chi connectivity index (χ0) is 12.3. The van der Waals surface area contributed by atoms with Gasteiger partial charge in [-0.05, 0) is 18.8 Å². The first-order chi connectivity index (χ1) is 8.19.